The summed E-state index contributed by atoms with van der Waals surface area (Å²) in [4.78, 5) is 8.40. The van der Waals surface area contributed by atoms with Gasteiger partial charge in [0.1, 0.15) is 35.9 Å². The minimum absolute atomic E-state index is 0.219. The van der Waals surface area contributed by atoms with Gasteiger partial charge in [-0.1, -0.05) is 40.0 Å². The Morgan fingerprint density at radius 1 is 1.12 bits per heavy atom. The number of rotatable bonds is 14. The molecule has 34 heavy (non-hydrogen) atoms. The van der Waals surface area contributed by atoms with Crippen molar-refractivity contribution in [3.63, 3.8) is 0 Å². The van der Waals surface area contributed by atoms with Crippen LogP contribution in [-0.4, -0.2) is 63.8 Å². The predicted molar refractivity (Wildman–Crippen MR) is 127 cm³/mol. The maximum Gasteiger partial charge on any atom is 0.230 e. The standard InChI is InChI=1S/C24H38N6O4/c1-5-8-11-31-15-18-20(32-12-9-6-2)23(4,33-13-10-7-3)24(16-25,34-18)19-14-27-22-21(26)28-17-29-30(19)22/h14,17-18,20H,5-13,15H2,1-4H3,(H2,26,28,29)/t18-,20-,23-,24?/m1/s1. The Morgan fingerprint density at radius 3 is 2.53 bits per heavy atom. The molecule has 1 aliphatic heterocycles. The van der Waals surface area contributed by atoms with Crippen molar-refractivity contribution in [3.8, 4) is 6.07 Å². The number of nitrogens with zero attached hydrogens (tertiary/aromatic N) is 5. The fraction of sp³-hybridized carbons (Fsp3) is 0.750. The lowest BCUT2D eigenvalue weighted by Crippen LogP contribution is -2.55. The number of anilines is 1. The maximum absolute atomic E-state index is 10.7. The van der Waals surface area contributed by atoms with Gasteiger partial charge in [-0.05, 0) is 26.2 Å². The molecule has 0 aromatic carbocycles. The Balaban J connectivity index is 2.08. The molecule has 0 bridgehead atoms. The number of unbranched alkanes of at least 4 members (excludes halogenated alkanes) is 3. The number of imidazole rings is 1. The van der Waals surface area contributed by atoms with E-state index < -0.39 is 23.4 Å². The molecule has 188 valence electrons. The van der Waals surface area contributed by atoms with Crippen LogP contribution in [0.25, 0.3) is 5.65 Å². The monoisotopic (exact) mass is 474 g/mol. The van der Waals surface area contributed by atoms with Gasteiger partial charge in [-0.15, -0.1) is 0 Å². The molecule has 0 radical (unpaired) electrons. The SMILES string of the molecule is CCCCOC[C@H]1OC(C#N)(c2cnc3c(N)ncnn23)[C@](C)(OCCCC)[C@@H]1OCCCC. The molecule has 2 aromatic rings. The molecule has 1 saturated heterocycles. The van der Waals surface area contributed by atoms with Crippen molar-refractivity contribution >= 4 is 11.5 Å². The van der Waals surface area contributed by atoms with Crippen molar-refractivity contribution in [2.45, 2.75) is 89.6 Å². The van der Waals surface area contributed by atoms with Crippen LogP contribution in [0.3, 0.4) is 0 Å². The number of nitrogen functional groups attached to an aromatic ring is 1. The topological polar surface area (TPSA) is 130 Å². The molecular weight excluding hydrogens is 436 g/mol. The van der Waals surface area contributed by atoms with E-state index in [9.17, 15) is 5.26 Å². The highest BCUT2D eigenvalue weighted by atomic mass is 16.6. The zero-order valence-corrected chi connectivity index (χ0v) is 20.8. The average molecular weight is 475 g/mol. The number of hydrogen-bond donors (Lipinski definition) is 1. The largest absolute Gasteiger partial charge is 0.381 e. The van der Waals surface area contributed by atoms with Crippen molar-refractivity contribution in [1.82, 2.24) is 19.6 Å². The van der Waals surface area contributed by atoms with Crippen molar-refractivity contribution in [1.29, 1.82) is 5.26 Å². The van der Waals surface area contributed by atoms with E-state index in [-0.39, 0.29) is 5.82 Å². The van der Waals surface area contributed by atoms with Gasteiger partial charge in [-0.3, -0.25) is 0 Å². The number of ether oxygens (including phenoxy) is 4. The number of aromatic nitrogens is 4. The normalized spacial score (nSPS) is 26.8. The lowest BCUT2D eigenvalue weighted by Gasteiger charge is -2.39. The molecule has 1 fully saturated rings. The molecule has 1 aliphatic rings. The molecule has 1 unspecified atom stereocenters. The van der Waals surface area contributed by atoms with E-state index in [1.54, 1.807) is 6.20 Å². The van der Waals surface area contributed by atoms with Gasteiger partial charge in [0.2, 0.25) is 5.60 Å². The summed E-state index contributed by atoms with van der Waals surface area (Å²) < 4.78 is 26.9. The second-order valence-electron chi connectivity index (χ2n) is 8.86. The van der Waals surface area contributed by atoms with Crippen LogP contribution in [0.15, 0.2) is 12.5 Å². The molecule has 10 nitrogen and oxygen atoms in total. The zero-order chi connectivity index (χ0) is 24.6. The van der Waals surface area contributed by atoms with Crippen LogP contribution >= 0.6 is 0 Å². The Labute approximate surface area is 201 Å². The number of fused-ring (bicyclic) bond motifs is 1. The summed E-state index contributed by atoms with van der Waals surface area (Å²) in [7, 11) is 0. The fourth-order valence-electron chi connectivity index (χ4n) is 4.35. The van der Waals surface area contributed by atoms with Gasteiger partial charge in [-0.2, -0.15) is 10.4 Å². The van der Waals surface area contributed by atoms with E-state index in [1.807, 2.05) is 6.92 Å². The summed E-state index contributed by atoms with van der Waals surface area (Å²) in [6.45, 7) is 10.1. The Hall–Kier alpha value is -2.32. The number of nitrogens with two attached hydrogens (primary N) is 1. The van der Waals surface area contributed by atoms with E-state index >= 15 is 0 Å². The number of nitriles is 1. The Kier molecular flexibility index (Phi) is 9.19. The highest BCUT2D eigenvalue weighted by molar-refractivity contribution is 5.59. The van der Waals surface area contributed by atoms with Crippen molar-refractivity contribution in [3.05, 3.63) is 18.2 Å². The molecule has 2 N–H and O–H groups in total. The van der Waals surface area contributed by atoms with Crippen LogP contribution in [0.2, 0.25) is 0 Å². The first-order chi connectivity index (χ1) is 16.5. The Bertz CT molecular complexity index is 963. The van der Waals surface area contributed by atoms with E-state index in [1.165, 1.54) is 10.8 Å². The van der Waals surface area contributed by atoms with Crippen molar-refractivity contribution in [2.24, 2.45) is 0 Å². The summed E-state index contributed by atoms with van der Waals surface area (Å²) in [6, 6.07) is 2.42. The summed E-state index contributed by atoms with van der Waals surface area (Å²) in [5, 5.41) is 15.0. The highest BCUT2D eigenvalue weighted by Gasteiger charge is 2.68. The minimum atomic E-state index is -1.55. The quantitative estimate of drug-likeness (QED) is 0.409. The molecule has 4 atom stereocenters. The molecule has 3 rings (SSSR count). The molecule has 2 aromatic heterocycles. The first-order valence-electron chi connectivity index (χ1n) is 12.4. The maximum atomic E-state index is 10.7. The van der Waals surface area contributed by atoms with Crippen LogP contribution in [0.5, 0.6) is 0 Å². The molecular formula is C24H38N6O4. The number of hydrogen-bond acceptors (Lipinski definition) is 9. The van der Waals surface area contributed by atoms with Crippen LogP contribution in [0, 0.1) is 11.3 Å². The van der Waals surface area contributed by atoms with E-state index in [0.717, 1.165) is 38.5 Å². The molecule has 10 heteroatoms. The highest BCUT2D eigenvalue weighted by Crippen LogP contribution is 2.50. The van der Waals surface area contributed by atoms with Crippen LogP contribution in [-0.2, 0) is 24.5 Å². The predicted octanol–water partition coefficient (Wildman–Crippen LogP) is 3.40. The van der Waals surface area contributed by atoms with Gasteiger partial charge in [-0.25, -0.2) is 14.5 Å². The van der Waals surface area contributed by atoms with Crippen molar-refractivity contribution < 1.29 is 18.9 Å². The smallest absolute Gasteiger partial charge is 0.230 e. The van der Waals surface area contributed by atoms with Gasteiger partial charge in [0.05, 0.1) is 12.8 Å². The molecule has 0 aliphatic carbocycles. The molecule has 0 spiro atoms. The van der Waals surface area contributed by atoms with Gasteiger partial charge in [0.25, 0.3) is 0 Å². The van der Waals surface area contributed by atoms with Gasteiger partial charge in [0.15, 0.2) is 11.5 Å². The molecule has 3 heterocycles. The molecule has 0 amide bonds. The van der Waals surface area contributed by atoms with Crippen molar-refractivity contribution in [2.75, 3.05) is 32.2 Å². The average Bonchev–Trinajstić information content (AvgIpc) is 3.37. The second kappa shape index (κ2) is 11.9. The van der Waals surface area contributed by atoms with Gasteiger partial charge >= 0.3 is 0 Å². The van der Waals surface area contributed by atoms with Crippen LogP contribution in [0.1, 0.15) is 71.9 Å². The zero-order valence-electron chi connectivity index (χ0n) is 20.8. The van der Waals surface area contributed by atoms with Crippen LogP contribution in [0.4, 0.5) is 5.82 Å². The third-order valence-electron chi connectivity index (χ3n) is 6.38. The lowest BCUT2D eigenvalue weighted by atomic mass is 9.80. The van der Waals surface area contributed by atoms with Gasteiger partial charge < -0.3 is 24.7 Å². The Morgan fingerprint density at radius 2 is 1.82 bits per heavy atom. The van der Waals surface area contributed by atoms with E-state index in [4.69, 9.17) is 24.7 Å². The molecule has 0 saturated carbocycles. The third-order valence-corrected chi connectivity index (χ3v) is 6.38. The van der Waals surface area contributed by atoms with E-state index in [0.29, 0.717) is 37.8 Å². The van der Waals surface area contributed by atoms with E-state index in [2.05, 4.69) is 41.9 Å². The lowest BCUT2D eigenvalue weighted by molar-refractivity contribution is -0.160. The minimum Gasteiger partial charge on any atom is -0.381 e. The summed E-state index contributed by atoms with van der Waals surface area (Å²) in [6.07, 6.45) is 7.54. The van der Waals surface area contributed by atoms with Crippen LogP contribution < -0.4 is 5.73 Å². The summed E-state index contributed by atoms with van der Waals surface area (Å²) in [5.74, 6) is 0.219. The summed E-state index contributed by atoms with van der Waals surface area (Å²) >= 11 is 0. The van der Waals surface area contributed by atoms with Gasteiger partial charge in [0, 0.05) is 19.8 Å². The summed E-state index contributed by atoms with van der Waals surface area (Å²) in [5.41, 5.74) is 4.12. The third kappa shape index (κ3) is 4.89. The fourth-order valence-corrected chi connectivity index (χ4v) is 4.35. The second-order valence-corrected chi connectivity index (χ2v) is 8.86. The first-order valence-corrected chi connectivity index (χ1v) is 12.4. The first kappa shape index (κ1) is 26.3.